The largest absolute Gasteiger partial charge is 0.511 e. The first kappa shape index (κ1) is 13.5. The molecule has 0 amide bonds. The first-order valence-corrected chi connectivity index (χ1v) is 8.18. The molecule has 0 aromatic heterocycles. The van der Waals surface area contributed by atoms with Crippen LogP contribution in [0.25, 0.3) is 5.57 Å². The van der Waals surface area contributed by atoms with Crippen LogP contribution < -0.4 is 0 Å². The molecule has 1 aromatic carbocycles. The lowest BCUT2D eigenvalue weighted by Gasteiger charge is -2.19. The number of carbonyl (C=O) groups is 1. The van der Waals surface area contributed by atoms with Gasteiger partial charge in [0.1, 0.15) is 5.76 Å². The van der Waals surface area contributed by atoms with Gasteiger partial charge in [-0.1, -0.05) is 15.9 Å². The number of hydrogen-bond donors (Lipinski definition) is 1. The Morgan fingerprint density at radius 3 is 2.29 bits per heavy atom. The highest BCUT2D eigenvalue weighted by Gasteiger charge is 2.59. The number of benzene rings is 1. The standard InChI is InChI=1S/C17H17BrO3/c1-7-5-9(18)6-8(2)12(7)15-16(19)13-10-3-4-11(21-10)14(13)17(15)20/h5-6,10-11,13-14,19H,3-4H2,1-2H3/t10-,11+,13+,14-/m0/s1. The van der Waals surface area contributed by atoms with E-state index in [2.05, 4.69) is 15.9 Å². The van der Waals surface area contributed by atoms with Crippen LogP contribution >= 0.6 is 15.9 Å². The Balaban J connectivity index is 1.88. The van der Waals surface area contributed by atoms with E-state index in [0.717, 1.165) is 34.0 Å². The van der Waals surface area contributed by atoms with Gasteiger partial charge in [-0.15, -0.1) is 0 Å². The minimum atomic E-state index is -0.166. The smallest absolute Gasteiger partial charge is 0.173 e. The number of hydrogen-bond acceptors (Lipinski definition) is 3. The van der Waals surface area contributed by atoms with E-state index in [0.29, 0.717) is 5.57 Å². The maximum atomic E-state index is 12.9. The van der Waals surface area contributed by atoms with E-state index in [1.54, 1.807) is 0 Å². The zero-order chi connectivity index (χ0) is 14.9. The van der Waals surface area contributed by atoms with E-state index in [9.17, 15) is 9.90 Å². The third kappa shape index (κ3) is 1.72. The van der Waals surface area contributed by atoms with Crippen molar-refractivity contribution in [1.82, 2.24) is 0 Å². The molecule has 1 aliphatic carbocycles. The Hall–Kier alpha value is -1.13. The Bertz CT molecular complexity index is 668. The molecular weight excluding hydrogens is 332 g/mol. The van der Waals surface area contributed by atoms with Crippen LogP contribution in [0.1, 0.15) is 29.5 Å². The highest BCUT2D eigenvalue weighted by atomic mass is 79.9. The molecular formula is C17H17BrO3. The maximum absolute atomic E-state index is 12.9. The fraction of sp³-hybridized carbons (Fsp3) is 0.471. The molecule has 0 spiro atoms. The van der Waals surface area contributed by atoms with Gasteiger partial charge in [0.15, 0.2) is 5.78 Å². The van der Waals surface area contributed by atoms with E-state index in [1.807, 2.05) is 26.0 Å². The van der Waals surface area contributed by atoms with Crippen LogP contribution in [-0.4, -0.2) is 23.1 Å². The van der Waals surface area contributed by atoms with Gasteiger partial charge in [0, 0.05) is 4.47 Å². The van der Waals surface area contributed by atoms with Crippen LogP contribution in [0.3, 0.4) is 0 Å². The highest BCUT2D eigenvalue weighted by Crippen LogP contribution is 2.54. The van der Waals surface area contributed by atoms with E-state index >= 15 is 0 Å². The molecule has 0 radical (unpaired) electrons. The monoisotopic (exact) mass is 348 g/mol. The van der Waals surface area contributed by atoms with Crippen molar-refractivity contribution in [2.45, 2.75) is 38.9 Å². The van der Waals surface area contributed by atoms with Gasteiger partial charge in [-0.05, 0) is 55.5 Å². The molecule has 21 heavy (non-hydrogen) atoms. The van der Waals surface area contributed by atoms with E-state index in [-0.39, 0.29) is 35.6 Å². The average Bonchev–Trinajstić information content (AvgIpc) is 3.06. The number of ether oxygens (including phenoxy) is 1. The summed E-state index contributed by atoms with van der Waals surface area (Å²) in [5.41, 5.74) is 3.47. The van der Waals surface area contributed by atoms with Crippen molar-refractivity contribution in [3.63, 3.8) is 0 Å². The summed E-state index contributed by atoms with van der Waals surface area (Å²) in [5.74, 6) is 0.0406. The van der Waals surface area contributed by atoms with Gasteiger partial charge in [-0.2, -0.15) is 0 Å². The molecule has 0 unspecified atom stereocenters. The number of halogens is 1. The normalized spacial score (nSPS) is 34.0. The van der Waals surface area contributed by atoms with E-state index in [4.69, 9.17) is 4.74 Å². The van der Waals surface area contributed by atoms with Crippen LogP contribution in [-0.2, 0) is 9.53 Å². The first-order chi connectivity index (χ1) is 9.99. The van der Waals surface area contributed by atoms with Crippen LogP contribution in [0.5, 0.6) is 0 Å². The molecule has 4 heteroatoms. The van der Waals surface area contributed by atoms with Crippen LogP contribution in [0.2, 0.25) is 0 Å². The topological polar surface area (TPSA) is 46.5 Å². The van der Waals surface area contributed by atoms with Crippen molar-refractivity contribution in [3.8, 4) is 0 Å². The summed E-state index contributed by atoms with van der Waals surface area (Å²) in [6.07, 6.45) is 1.92. The second kappa shape index (κ2) is 4.43. The van der Waals surface area contributed by atoms with Crippen molar-refractivity contribution < 1.29 is 14.6 Å². The molecule has 1 N–H and O–H groups in total. The zero-order valence-corrected chi connectivity index (χ0v) is 13.6. The van der Waals surface area contributed by atoms with Gasteiger partial charge in [0.05, 0.1) is 29.6 Å². The van der Waals surface area contributed by atoms with Gasteiger partial charge in [-0.3, -0.25) is 4.79 Å². The zero-order valence-electron chi connectivity index (χ0n) is 12.0. The number of allylic oxidation sites excluding steroid dienone is 1. The predicted octanol–water partition coefficient (Wildman–Crippen LogP) is 3.71. The predicted molar refractivity (Wildman–Crippen MR) is 83.0 cm³/mol. The average molecular weight is 349 g/mol. The summed E-state index contributed by atoms with van der Waals surface area (Å²) in [6, 6.07) is 3.99. The number of Topliss-reactive ketones (excluding diaryl/α,β-unsaturated/α-hetero) is 1. The van der Waals surface area contributed by atoms with Gasteiger partial charge in [0.25, 0.3) is 0 Å². The van der Waals surface area contributed by atoms with Crippen molar-refractivity contribution >= 4 is 27.3 Å². The molecule has 3 nitrogen and oxygen atoms in total. The number of aryl methyl sites for hydroxylation is 2. The van der Waals surface area contributed by atoms with Gasteiger partial charge >= 0.3 is 0 Å². The number of aliphatic hydroxyl groups is 1. The molecule has 2 bridgehead atoms. The summed E-state index contributed by atoms with van der Waals surface area (Å²) >= 11 is 3.48. The lowest BCUT2D eigenvalue weighted by molar-refractivity contribution is -0.118. The van der Waals surface area contributed by atoms with Gasteiger partial charge in [-0.25, -0.2) is 0 Å². The summed E-state index contributed by atoms with van der Waals surface area (Å²) in [6.45, 7) is 3.97. The van der Waals surface area contributed by atoms with Crippen LogP contribution in [0, 0.1) is 25.7 Å². The summed E-state index contributed by atoms with van der Waals surface area (Å²) in [7, 11) is 0. The Morgan fingerprint density at radius 1 is 1.14 bits per heavy atom. The fourth-order valence-corrected chi connectivity index (χ4v) is 5.06. The molecule has 0 saturated carbocycles. The van der Waals surface area contributed by atoms with Crippen molar-refractivity contribution in [2.75, 3.05) is 0 Å². The minimum absolute atomic E-state index is 0.00297. The Labute approximate surface area is 132 Å². The summed E-state index contributed by atoms with van der Waals surface area (Å²) < 4.78 is 6.82. The fourth-order valence-electron chi connectivity index (χ4n) is 4.37. The molecule has 2 heterocycles. The van der Waals surface area contributed by atoms with Crippen LogP contribution in [0.4, 0.5) is 0 Å². The second-order valence-electron chi connectivity index (χ2n) is 6.38. The maximum Gasteiger partial charge on any atom is 0.173 e. The lowest BCUT2D eigenvalue weighted by Crippen LogP contribution is -2.29. The van der Waals surface area contributed by atoms with Gasteiger partial charge in [0.2, 0.25) is 0 Å². The summed E-state index contributed by atoms with van der Waals surface area (Å²) in [5, 5.41) is 10.7. The molecule has 1 aromatic rings. The molecule has 4 atom stereocenters. The summed E-state index contributed by atoms with van der Waals surface area (Å²) in [4.78, 5) is 12.9. The first-order valence-electron chi connectivity index (χ1n) is 7.39. The van der Waals surface area contributed by atoms with Crippen molar-refractivity contribution in [3.05, 3.63) is 39.1 Å². The third-order valence-corrected chi connectivity index (χ3v) is 5.60. The van der Waals surface area contributed by atoms with E-state index < -0.39 is 0 Å². The molecule has 110 valence electrons. The lowest BCUT2D eigenvalue weighted by atomic mass is 9.80. The number of ketones is 1. The quantitative estimate of drug-likeness (QED) is 0.841. The molecule has 2 fully saturated rings. The minimum Gasteiger partial charge on any atom is -0.511 e. The molecule has 2 aliphatic heterocycles. The number of rotatable bonds is 1. The number of carbonyl (C=O) groups excluding carboxylic acids is 1. The third-order valence-electron chi connectivity index (χ3n) is 5.14. The molecule has 3 aliphatic rings. The molecule has 4 rings (SSSR count). The molecule has 2 saturated heterocycles. The Kier molecular flexibility index (Phi) is 2.86. The highest BCUT2D eigenvalue weighted by molar-refractivity contribution is 9.10. The number of aliphatic hydroxyl groups excluding tert-OH is 1. The van der Waals surface area contributed by atoms with Crippen molar-refractivity contribution in [2.24, 2.45) is 11.8 Å². The number of fused-ring (bicyclic) bond motifs is 5. The SMILES string of the molecule is Cc1cc(Br)cc(C)c1C1=C(O)[C@H]2[C@@H](C1=O)[C@H]1CC[C@@H]2O1. The Morgan fingerprint density at radius 2 is 1.71 bits per heavy atom. The van der Waals surface area contributed by atoms with E-state index in [1.165, 1.54) is 0 Å². The van der Waals surface area contributed by atoms with Crippen molar-refractivity contribution in [1.29, 1.82) is 0 Å². The van der Waals surface area contributed by atoms with Gasteiger partial charge < -0.3 is 9.84 Å². The second-order valence-corrected chi connectivity index (χ2v) is 7.30. The van der Waals surface area contributed by atoms with Crippen LogP contribution in [0.15, 0.2) is 22.4 Å².